The Morgan fingerprint density at radius 1 is 1.08 bits per heavy atom. The van der Waals surface area contributed by atoms with Crippen LogP contribution in [0, 0.1) is 6.92 Å². The number of methoxy groups -OCH3 is 2. The van der Waals surface area contributed by atoms with Crippen molar-refractivity contribution in [2.45, 2.75) is 13.5 Å². The maximum Gasteiger partial charge on any atom is 0.338 e. The van der Waals surface area contributed by atoms with Crippen molar-refractivity contribution in [3.63, 3.8) is 0 Å². The molecule has 26 heavy (non-hydrogen) atoms. The Bertz CT molecular complexity index is 903. The highest BCUT2D eigenvalue weighted by Gasteiger charge is 2.14. The molecule has 3 rings (SSSR count). The fourth-order valence-electron chi connectivity index (χ4n) is 2.33. The second kappa shape index (κ2) is 7.69. The van der Waals surface area contributed by atoms with Crippen LogP contribution < -0.4 is 9.47 Å². The number of nitrogens with zero attached hydrogens (tertiary/aromatic N) is 2. The van der Waals surface area contributed by atoms with Gasteiger partial charge in [-0.3, -0.25) is 0 Å². The van der Waals surface area contributed by atoms with Crippen LogP contribution in [0.1, 0.15) is 21.8 Å². The molecule has 1 heterocycles. The van der Waals surface area contributed by atoms with Crippen molar-refractivity contribution in [1.29, 1.82) is 0 Å². The minimum absolute atomic E-state index is 0.113. The van der Waals surface area contributed by atoms with Crippen LogP contribution in [-0.4, -0.2) is 30.3 Å². The summed E-state index contributed by atoms with van der Waals surface area (Å²) in [6.45, 7) is 1.78. The van der Waals surface area contributed by atoms with Gasteiger partial charge in [-0.1, -0.05) is 11.2 Å². The lowest BCUT2D eigenvalue weighted by atomic mass is 10.1. The van der Waals surface area contributed by atoms with Crippen LogP contribution in [0.25, 0.3) is 11.4 Å². The Labute approximate surface area is 150 Å². The number of carbonyl (C=O) groups is 1. The third-order valence-electron chi connectivity index (χ3n) is 3.79. The largest absolute Gasteiger partial charge is 0.497 e. The predicted molar refractivity (Wildman–Crippen MR) is 93.1 cm³/mol. The van der Waals surface area contributed by atoms with Gasteiger partial charge in [-0.15, -0.1) is 0 Å². The van der Waals surface area contributed by atoms with Gasteiger partial charge < -0.3 is 18.7 Å². The molecule has 3 aromatic rings. The molecule has 0 aliphatic heterocycles. The van der Waals surface area contributed by atoms with Gasteiger partial charge in [0.25, 0.3) is 5.89 Å². The fourth-order valence-corrected chi connectivity index (χ4v) is 2.33. The van der Waals surface area contributed by atoms with Crippen molar-refractivity contribution < 1.29 is 23.5 Å². The first-order valence-corrected chi connectivity index (χ1v) is 7.89. The zero-order valence-corrected chi connectivity index (χ0v) is 14.7. The van der Waals surface area contributed by atoms with E-state index >= 15 is 0 Å². The van der Waals surface area contributed by atoms with Crippen molar-refractivity contribution in [1.82, 2.24) is 10.1 Å². The first-order valence-electron chi connectivity index (χ1n) is 7.89. The highest BCUT2D eigenvalue weighted by molar-refractivity contribution is 5.90. The minimum atomic E-state index is -0.493. The predicted octanol–water partition coefficient (Wildman–Crippen LogP) is 3.42. The third kappa shape index (κ3) is 3.83. The summed E-state index contributed by atoms with van der Waals surface area (Å²) in [5, 5.41) is 3.89. The van der Waals surface area contributed by atoms with Crippen LogP contribution in [0.2, 0.25) is 0 Å². The second-order valence-corrected chi connectivity index (χ2v) is 5.50. The Hall–Kier alpha value is -3.35. The molecule has 0 bridgehead atoms. The Morgan fingerprint density at radius 2 is 1.85 bits per heavy atom. The molecule has 7 nitrogen and oxygen atoms in total. The standard InChI is InChI=1S/C19H18N2O5/c1-12-4-5-14(10-16(12)24-3)19(22)25-11-17-20-18(21-26-17)13-6-8-15(23-2)9-7-13/h4-10H,11H2,1-3H3. The number of carbonyl (C=O) groups excluding carboxylic acids is 1. The molecule has 0 spiro atoms. The number of esters is 1. The molecular formula is C19H18N2O5. The number of ether oxygens (including phenoxy) is 3. The summed E-state index contributed by atoms with van der Waals surface area (Å²) >= 11 is 0. The van der Waals surface area contributed by atoms with E-state index in [0.29, 0.717) is 17.1 Å². The van der Waals surface area contributed by atoms with E-state index in [2.05, 4.69) is 10.1 Å². The summed E-state index contributed by atoms with van der Waals surface area (Å²) in [7, 11) is 3.15. The topological polar surface area (TPSA) is 83.7 Å². The average Bonchev–Trinajstić information content (AvgIpc) is 3.15. The smallest absolute Gasteiger partial charge is 0.338 e. The minimum Gasteiger partial charge on any atom is -0.497 e. The Morgan fingerprint density at radius 3 is 2.54 bits per heavy atom. The highest BCUT2D eigenvalue weighted by atomic mass is 16.6. The van der Waals surface area contributed by atoms with Crippen molar-refractivity contribution in [2.75, 3.05) is 14.2 Å². The van der Waals surface area contributed by atoms with Gasteiger partial charge in [0.1, 0.15) is 11.5 Å². The molecule has 0 saturated heterocycles. The first kappa shape index (κ1) is 17.5. The zero-order valence-electron chi connectivity index (χ0n) is 14.7. The van der Waals surface area contributed by atoms with Gasteiger partial charge in [-0.25, -0.2) is 4.79 Å². The van der Waals surface area contributed by atoms with E-state index in [1.165, 1.54) is 0 Å². The lowest BCUT2D eigenvalue weighted by Gasteiger charge is -2.07. The van der Waals surface area contributed by atoms with Crippen molar-refractivity contribution in [3.8, 4) is 22.9 Å². The van der Waals surface area contributed by atoms with E-state index in [0.717, 1.165) is 16.9 Å². The van der Waals surface area contributed by atoms with Gasteiger partial charge in [0, 0.05) is 5.56 Å². The van der Waals surface area contributed by atoms with Gasteiger partial charge >= 0.3 is 5.97 Å². The third-order valence-corrected chi connectivity index (χ3v) is 3.79. The van der Waals surface area contributed by atoms with Crippen LogP contribution in [0.4, 0.5) is 0 Å². The van der Waals surface area contributed by atoms with Gasteiger partial charge in [0.15, 0.2) is 6.61 Å². The number of benzene rings is 2. The van der Waals surface area contributed by atoms with E-state index in [1.54, 1.807) is 44.6 Å². The van der Waals surface area contributed by atoms with Crippen molar-refractivity contribution >= 4 is 5.97 Å². The summed E-state index contributed by atoms with van der Waals surface area (Å²) < 4.78 is 20.7. The van der Waals surface area contributed by atoms with Gasteiger partial charge in [-0.2, -0.15) is 4.98 Å². The molecule has 0 aliphatic rings. The molecule has 0 unspecified atom stereocenters. The van der Waals surface area contributed by atoms with Crippen LogP contribution >= 0.6 is 0 Å². The summed E-state index contributed by atoms with van der Waals surface area (Å²) in [6.07, 6.45) is 0. The average molecular weight is 354 g/mol. The fraction of sp³-hybridized carbons (Fsp3) is 0.211. The molecule has 0 N–H and O–H groups in total. The van der Waals surface area contributed by atoms with Crippen molar-refractivity contribution in [2.24, 2.45) is 0 Å². The van der Waals surface area contributed by atoms with Crippen LogP contribution in [0.15, 0.2) is 47.0 Å². The maximum absolute atomic E-state index is 12.2. The quantitative estimate of drug-likeness (QED) is 0.627. The SMILES string of the molecule is COc1ccc(-c2noc(COC(=O)c3ccc(C)c(OC)c3)n2)cc1. The summed E-state index contributed by atoms with van der Waals surface area (Å²) in [5.41, 5.74) is 2.10. The van der Waals surface area contributed by atoms with Gasteiger partial charge in [-0.05, 0) is 48.9 Å². The molecule has 0 aliphatic carbocycles. The van der Waals surface area contributed by atoms with Gasteiger partial charge in [0.05, 0.1) is 19.8 Å². The molecular weight excluding hydrogens is 336 g/mol. The summed E-state index contributed by atoms with van der Waals surface area (Å²) in [5.74, 6) is 1.49. The van der Waals surface area contributed by atoms with Crippen LogP contribution in [0.3, 0.4) is 0 Å². The first-order chi connectivity index (χ1) is 12.6. The second-order valence-electron chi connectivity index (χ2n) is 5.50. The normalized spacial score (nSPS) is 10.4. The van der Waals surface area contributed by atoms with E-state index in [-0.39, 0.29) is 12.5 Å². The lowest BCUT2D eigenvalue weighted by molar-refractivity contribution is 0.0429. The maximum atomic E-state index is 12.2. The van der Waals surface area contributed by atoms with Gasteiger partial charge in [0.2, 0.25) is 5.82 Å². The molecule has 0 fully saturated rings. The number of aryl methyl sites for hydroxylation is 1. The number of rotatable bonds is 6. The Kier molecular flexibility index (Phi) is 5.17. The molecule has 7 heteroatoms. The highest BCUT2D eigenvalue weighted by Crippen LogP contribution is 2.21. The van der Waals surface area contributed by atoms with Crippen LogP contribution in [-0.2, 0) is 11.3 Å². The number of hydrogen-bond donors (Lipinski definition) is 0. The zero-order chi connectivity index (χ0) is 18.5. The van der Waals surface area contributed by atoms with E-state index in [4.69, 9.17) is 18.7 Å². The van der Waals surface area contributed by atoms with Crippen LogP contribution in [0.5, 0.6) is 11.5 Å². The number of hydrogen-bond acceptors (Lipinski definition) is 7. The molecule has 1 aromatic heterocycles. The molecule has 0 radical (unpaired) electrons. The summed E-state index contributed by atoms with van der Waals surface area (Å²) in [4.78, 5) is 16.4. The Balaban J connectivity index is 1.65. The van der Waals surface area contributed by atoms with E-state index in [1.807, 2.05) is 19.1 Å². The molecule has 0 saturated carbocycles. The molecule has 0 amide bonds. The van der Waals surface area contributed by atoms with E-state index < -0.39 is 5.97 Å². The monoisotopic (exact) mass is 354 g/mol. The van der Waals surface area contributed by atoms with E-state index in [9.17, 15) is 4.79 Å². The molecule has 2 aromatic carbocycles. The number of aromatic nitrogens is 2. The summed E-state index contributed by atoms with van der Waals surface area (Å²) in [6, 6.07) is 12.3. The molecule has 134 valence electrons. The lowest BCUT2D eigenvalue weighted by Crippen LogP contribution is -2.06. The van der Waals surface area contributed by atoms with Crippen molar-refractivity contribution in [3.05, 3.63) is 59.5 Å². The molecule has 0 atom stereocenters.